The lowest BCUT2D eigenvalue weighted by Gasteiger charge is -2.34. The van der Waals surface area contributed by atoms with Gasteiger partial charge in [-0.2, -0.15) is 0 Å². The van der Waals surface area contributed by atoms with Crippen molar-refractivity contribution in [1.29, 1.82) is 0 Å². The summed E-state index contributed by atoms with van der Waals surface area (Å²) in [5.74, 6) is 0.521. The quantitative estimate of drug-likeness (QED) is 0.685. The van der Waals surface area contributed by atoms with Crippen LogP contribution in [-0.2, 0) is 6.54 Å². The Kier molecular flexibility index (Phi) is 7.15. The van der Waals surface area contributed by atoms with Crippen LogP contribution >= 0.6 is 11.6 Å². The zero-order valence-corrected chi connectivity index (χ0v) is 19.0. The summed E-state index contributed by atoms with van der Waals surface area (Å²) < 4.78 is 0. The summed E-state index contributed by atoms with van der Waals surface area (Å²) in [6, 6.07) is 7.78. The van der Waals surface area contributed by atoms with Crippen molar-refractivity contribution in [3.63, 3.8) is 0 Å². The van der Waals surface area contributed by atoms with E-state index < -0.39 is 0 Å². The molecule has 0 radical (unpaired) electrons. The first-order valence-electron chi connectivity index (χ1n) is 10.3. The van der Waals surface area contributed by atoms with E-state index in [-0.39, 0.29) is 16.6 Å². The number of rotatable bonds is 6. The lowest BCUT2D eigenvalue weighted by Crippen LogP contribution is -2.44. The summed E-state index contributed by atoms with van der Waals surface area (Å²) in [6.45, 7) is 11.6. The van der Waals surface area contributed by atoms with Gasteiger partial charge in [0, 0.05) is 62.3 Å². The molecule has 0 aliphatic carbocycles. The molecule has 1 amide bonds. The molecule has 7 nitrogen and oxygen atoms in total. The van der Waals surface area contributed by atoms with E-state index in [2.05, 4.69) is 58.2 Å². The molecule has 30 heavy (non-hydrogen) atoms. The number of halogens is 1. The Morgan fingerprint density at radius 1 is 1.13 bits per heavy atom. The van der Waals surface area contributed by atoms with Gasteiger partial charge in [0.15, 0.2) is 0 Å². The van der Waals surface area contributed by atoms with Gasteiger partial charge in [-0.25, -0.2) is 9.97 Å². The van der Waals surface area contributed by atoms with E-state index >= 15 is 0 Å². The first-order valence-corrected chi connectivity index (χ1v) is 10.7. The zero-order chi connectivity index (χ0) is 21.7. The van der Waals surface area contributed by atoms with Crippen LogP contribution in [0.25, 0.3) is 0 Å². The molecule has 0 spiro atoms. The highest BCUT2D eigenvalue weighted by molar-refractivity contribution is 6.28. The van der Waals surface area contributed by atoms with E-state index in [0.29, 0.717) is 17.9 Å². The first kappa shape index (κ1) is 22.3. The van der Waals surface area contributed by atoms with Crippen LogP contribution in [0.1, 0.15) is 36.7 Å². The van der Waals surface area contributed by atoms with E-state index in [1.165, 1.54) is 0 Å². The Labute approximate surface area is 183 Å². The topological polar surface area (TPSA) is 73.4 Å². The Morgan fingerprint density at radius 3 is 2.43 bits per heavy atom. The summed E-state index contributed by atoms with van der Waals surface area (Å²) in [5, 5.41) is 6.44. The number of carbonyl (C=O) groups excluding carboxylic acids is 1. The van der Waals surface area contributed by atoms with Crippen LogP contribution in [0.15, 0.2) is 30.5 Å². The molecule has 162 valence electrons. The number of likely N-dealkylation sites (N-methyl/N-ethyl adjacent to an activating group) is 1. The molecule has 1 aliphatic heterocycles. The van der Waals surface area contributed by atoms with Gasteiger partial charge >= 0.3 is 0 Å². The van der Waals surface area contributed by atoms with Crippen molar-refractivity contribution in [1.82, 2.24) is 20.2 Å². The summed E-state index contributed by atoms with van der Waals surface area (Å²) >= 11 is 5.96. The van der Waals surface area contributed by atoms with Crippen molar-refractivity contribution in [2.24, 2.45) is 5.41 Å². The second kappa shape index (κ2) is 9.62. The fraction of sp³-hybridized carbons (Fsp3) is 0.500. The standard InChI is InChI=1S/C22H31ClN6O/c1-22(2,3)15-26-19-17(14-25-21(23)27-19)13-24-20(30)16-5-7-18(8-6-16)29-11-9-28(4)10-12-29/h5-8,14H,9-13,15H2,1-4H3,(H,24,30)(H,25,26,27). The lowest BCUT2D eigenvalue weighted by atomic mass is 9.97. The number of hydrogen-bond donors (Lipinski definition) is 2. The Bertz CT molecular complexity index is 857. The number of amides is 1. The van der Waals surface area contributed by atoms with Crippen LogP contribution in [0.2, 0.25) is 5.28 Å². The van der Waals surface area contributed by atoms with Crippen LogP contribution in [0.5, 0.6) is 0 Å². The van der Waals surface area contributed by atoms with E-state index in [0.717, 1.165) is 44.0 Å². The Morgan fingerprint density at radius 2 is 1.80 bits per heavy atom. The highest BCUT2D eigenvalue weighted by Gasteiger charge is 2.16. The third kappa shape index (κ3) is 6.31. The third-order valence-corrected chi connectivity index (χ3v) is 5.24. The highest BCUT2D eigenvalue weighted by atomic mass is 35.5. The average molecular weight is 431 g/mol. The van der Waals surface area contributed by atoms with Gasteiger partial charge in [-0.05, 0) is 48.3 Å². The second-order valence-corrected chi connectivity index (χ2v) is 9.29. The summed E-state index contributed by atoms with van der Waals surface area (Å²) in [6.07, 6.45) is 1.65. The van der Waals surface area contributed by atoms with E-state index in [4.69, 9.17) is 11.6 Å². The maximum atomic E-state index is 12.6. The molecule has 1 saturated heterocycles. The van der Waals surface area contributed by atoms with Crippen molar-refractivity contribution in [3.05, 3.63) is 46.9 Å². The van der Waals surface area contributed by atoms with Crippen molar-refractivity contribution >= 4 is 29.0 Å². The van der Waals surface area contributed by atoms with Crippen molar-refractivity contribution in [2.75, 3.05) is 50.0 Å². The molecule has 2 N–H and O–H groups in total. The van der Waals surface area contributed by atoms with Gasteiger partial charge in [-0.3, -0.25) is 4.79 Å². The molecular weight excluding hydrogens is 400 g/mol. The predicted molar refractivity (Wildman–Crippen MR) is 122 cm³/mol. The lowest BCUT2D eigenvalue weighted by molar-refractivity contribution is 0.0951. The molecule has 1 aliphatic rings. The van der Waals surface area contributed by atoms with E-state index in [1.807, 2.05) is 24.3 Å². The molecular formula is C22H31ClN6O. The monoisotopic (exact) mass is 430 g/mol. The maximum Gasteiger partial charge on any atom is 0.251 e. The van der Waals surface area contributed by atoms with Crippen LogP contribution in [0, 0.1) is 5.41 Å². The Balaban J connectivity index is 1.60. The van der Waals surface area contributed by atoms with Gasteiger partial charge in [-0.15, -0.1) is 0 Å². The van der Waals surface area contributed by atoms with Gasteiger partial charge < -0.3 is 20.4 Å². The highest BCUT2D eigenvalue weighted by Crippen LogP contribution is 2.19. The minimum atomic E-state index is -0.128. The summed E-state index contributed by atoms with van der Waals surface area (Å²) in [7, 11) is 2.14. The number of nitrogens with one attached hydrogen (secondary N) is 2. The molecule has 0 unspecified atom stereocenters. The SMILES string of the molecule is CN1CCN(c2ccc(C(=O)NCc3cnc(Cl)nc3NCC(C)(C)C)cc2)CC1. The van der Waals surface area contributed by atoms with Crippen molar-refractivity contribution in [3.8, 4) is 0 Å². The number of hydrogen-bond acceptors (Lipinski definition) is 6. The van der Waals surface area contributed by atoms with Crippen LogP contribution < -0.4 is 15.5 Å². The molecule has 2 heterocycles. The molecule has 0 atom stereocenters. The Hall–Kier alpha value is -2.38. The summed E-state index contributed by atoms with van der Waals surface area (Å²) in [5.41, 5.74) is 2.67. The van der Waals surface area contributed by atoms with Crippen molar-refractivity contribution in [2.45, 2.75) is 27.3 Å². The third-order valence-electron chi connectivity index (χ3n) is 5.06. The molecule has 8 heteroatoms. The van der Waals surface area contributed by atoms with Crippen LogP contribution in [0.4, 0.5) is 11.5 Å². The number of aromatic nitrogens is 2. The van der Waals surface area contributed by atoms with Crippen molar-refractivity contribution < 1.29 is 4.79 Å². The van der Waals surface area contributed by atoms with E-state index in [1.54, 1.807) is 6.20 Å². The second-order valence-electron chi connectivity index (χ2n) is 8.95. The predicted octanol–water partition coefficient (Wildman–Crippen LogP) is 3.27. The molecule has 1 aromatic carbocycles. The number of benzene rings is 1. The number of nitrogens with zero attached hydrogens (tertiary/aromatic N) is 4. The van der Waals surface area contributed by atoms with Gasteiger partial charge in [0.1, 0.15) is 5.82 Å². The first-order chi connectivity index (χ1) is 14.2. The molecule has 2 aromatic rings. The molecule has 3 rings (SSSR count). The number of anilines is 2. The molecule has 0 saturated carbocycles. The molecule has 1 fully saturated rings. The van der Waals surface area contributed by atoms with Crippen LogP contribution in [0.3, 0.4) is 0 Å². The molecule has 0 bridgehead atoms. The summed E-state index contributed by atoms with van der Waals surface area (Å²) in [4.78, 5) is 25.6. The molecule has 1 aromatic heterocycles. The number of piperazine rings is 1. The maximum absolute atomic E-state index is 12.6. The average Bonchev–Trinajstić information content (AvgIpc) is 2.71. The minimum absolute atomic E-state index is 0.0868. The minimum Gasteiger partial charge on any atom is -0.369 e. The van der Waals surface area contributed by atoms with Gasteiger partial charge in [0.25, 0.3) is 5.91 Å². The zero-order valence-electron chi connectivity index (χ0n) is 18.2. The largest absolute Gasteiger partial charge is 0.369 e. The van der Waals surface area contributed by atoms with Gasteiger partial charge in [0.05, 0.1) is 0 Å². The van der Waals surface area contributed by atoms with E-state index in [9.17, 15) is 4.79 Å². The normalized spacial score (nSPS) is 15.2. The fourth-order valence-electron chi connectivity index (χ4n) is 3.18. The smallest absolute Gasteiger partial charge is 0.251 e. The number of carbonyl (C=O) groups is 1. The fourth-order valence-corrected chi connectivity index (χ4v) is 3.32. The van der Waals surface area contributed by atoms with Crippen LogP contribution in [-0.4, -0.2) is 60.5 Å². The van der Waals surface area contributed by atoms with Gasteiger partial charge in [-0.1, -0.05) is 20.8 Å². The van der Waals surface area contributed by atoms with Gasteiger partial charge in [0.2, 0.25) is 5.28 Å².